The SMILES string of the molecule is CCCC[NH3+].CCCC[NH3+].CCCC[NH3+].CCCC[NH3+].CCCC[NH3+].[OH-].[OH-].[OH-].[OH-].[OH-]. The predicted molar refractivity (Wildman–Crippen MR) is 123 cm³/mol. The van der Waals surface area contributed by atoms with E-state index < -0.39 is 0 Å². The quantitative estimate of drug-likeness (QED) is 0.283. The number of hydrogen-bond acceptors (Lipinski definition) is 5. The van der Waals surface area contributed by atoms with Gasteiger partial charge in [0.05, 0.1) is 32.7 Å². The van der Waals surface area contributed by atoms with Crippen molar-refractivity contribution >= 4 is 0 Å². The normalized spacial score (nSPS) is 7.00. The van der Waals surface area contributed by atoms with Crippen LogP contribution in [-0.2, 0) is 0 Å². The fourth-order valence-corrected chi connectivity index (χ4v) is 1.25. The van der Waals surface area contributed by atoms with Gasteiger partial charge < -0.3 is 56.0 Å². The van der Waals surface area contributed by atoms with Crippen molar-refractivity contribution in [3.05, 3.63) is 0 Å². The topological polar surface area (TPSA) is 288 Å². The Labute approximate surface area is 188 Å². The van der Waals surface area contributed by atoms with Crippen LogP contribution in [0.15, 0.2) is 0 Å². The van der Waals surface area contributed by atoms with Crippen LogP contribution in [0, 0.1) is 0 Å². The van der Waals surface area contributed by atoms with Crippen molar-refractivity contribution in [2.24, 2.45) is 0 Å². The van der Waals surface area contributed by atoms with Crippen LogP contribution in [0.1, 0.15) is 98.8 Å². The zero-order chi connectivity index (χ0) is 20.6. The van der Waals surface area contributed by atoms with E-state index in [-0.39, 0.29) is 27.4 Å². The first-order chi connectivity index (χ1) is 12.1. The fourth-order valence-electron chi connectivity index (χ4n) is 1.25. The molecule has 0 aromatic rings. The van der Waals surface area contributed by atoms with Crippen LogP contribution in [-0.4, -0.2) is 60.1 Å². The van der Waals surface area contributed by atoms with Gasteiger partial charge >= 0.3 is 0 Å². The van der Waals surface area contributed by atoms with Crippen molar-refractivity contribution in [1.82, 2.24) is 0 Å². The molecule has 0 aliphatic carbocycles. The third-order valence-corrected chi connectivity index (χ3v) is 3.02. The molecular formula is C20H65N5O5. The van der Waals surface area contributed by atoms with Crippen LogP contribution in [0.25, 0.3) is 0 Å². The number of hydrogen-bond donors (Lipinski definition) is 5. The molecule has 0 fully saturated rings. The summed E-state index contributed by atoms with van der Waals surface area (Å²) in [6.07, 6.45) is 12.8. The van der Waals surface area contributed by atoms with Crippen LogP contribution in [0.4, 0.5) is 0 Å². The van der Waals surface area contributed by atoms with E-state index in [0.717, 1.165) is 32.7 Å². The molecule has 0 aromatic carbocycles. The highest BCUT2D eigenvalue weighted by molar-refractivity contribution is 4.23. The summed E-state index contributed by atoms with van der Waals surface area (Å²) in [6.45, 7) is 16.3. The fraction of sp³-hybridized carbons (Fsp3) is 1.00. The molecule has 0 atom stereocenters. The van der Waals surface area contributed by atoms with Gasteiger partial charge in [-0.05, 0) is 32.1 Å². The molecule has 0 saturated heterocycles. The minimum absolute atomic E-state index is 0. The summed E-state index contributed by atoms with van der Waals surface area (Å²) in [6, 6.07) is 0. The average molecular weight is 456 g/mol. The first-order valence-corrected chi connectivity index (χ1v) is 11.0. The summed E-state index contributed by atoms with van der Waals surface area (Å²) >= 11 is 0. The van der Waals surface area contributed by atoms with Crippen molar-refractivity contribution in [1.29, 1.82) is 0 Å². The predicted octanol–water partition coefficient (Wildman–Crippen LogP) is -0.742. The van der Waals surface area contributed by atoms with Crippen molar-refractivity contribution in [2.75, 3.05) is 32.7 Å². The highest BCUT2D eigenvalue weighted by Crippen LogP contribution is 1.77. The zero-order valence-electron chi connectivity index (χ0n) is 21.4. The summed E-state index contributed by atoms with van der Waals surface area (Å²) in [4.78, 5) is 0. The van der Waals surface area contributed by atoms with E-state index in [1.54, 1.807) is 0 Å². The highest BCUT2D eigenvalue weighted by Gasteiger charge is 1.73. The zero-order valence-corrected chi connectivity index (χ0v) is 21.4. The van der Waals surface area contributed by atoms with Gasteiger partial charge in [-0.25, -0.2) is 0 Å². The molecule has 0 saturated carbocycles. The Morgan fingerprint density at radius 2 is 0.400 bits per heavy atom. The molecule has 200 valence electrons. The molecule has 0 aromatic heterocycles. The second kappa shape index (κ2) is 102. The average Bonchev–Trinajstić information content (AvgIpc) is 2.61. The Morgan fingerprint density at radius 1 is 0.300 bits per heavy atom. The van der Waals surface area contributed by atoms with E-state index in [0.29, 0.717) is 0 Å². The molecule has 0 amide bonds. The van der Waals surface area contributed by atoms with Gasteiger partial charge in [0.25, 0.3) is 0 Å². The van der Waals surface area contributed by atoms with Crippen LogP contribution < -0.4 is 28.7 Å². The van der Waals surface area contributed by atoms with Crippen LogP contribution in [0.5, 0.6) is 0 Å². The first-order valence-electron chi connectivity index (χ1n) is 11.0. The summed E-state index contributed by atoms with van der Waals surface area (Å²) in [5.74, 6) is 0. The van der Waals surface area contributed by atoms with Crippen molar-refractivity contribution in [3.8, 4) is 0 Å². The monoisotopic (exact) mass is 455 g/mol. The molecule has 0 aliphatic rings. The van der Waals surface area contributed by atoms with Crippen molar-refractivity contribution < 1.29 is 56.0 Å². The van der Waals surface area contributed by atoms with Gasteiger partial charge in [-0.1, -0.05) is 66.7 Å². The maximum absolute atomic E-state index is 3.68. The molecule has 0 radical (unpaired) electrons. The van der Waals surface area contributed by atoms with E-state index in [4.69, 9.17) is 0 Å². The number of rotatable bonds is 10. The Bertz CT molecular complexity index is 110. The molecule has 0 spiro atoms. The second-order valence-corrected chi connectivity index (χ2v) is 6.04. The standard InChI is InChI=1S/5C4H11N.5H2O/c5*1-2-3-4-5;;;;;/h5*2-5H2,1H3;5*1H2. The molecule has 10 heteroatoms. The molecule has 0 bridgehead atoms. The maximum atomic E-state index is 3.68. The summed E-state index contributed by atoms with van der Waals surface area (Å²) in [7, 11) is 0. The lowest BCUT2D eigenvalue weighted by Crippen LogP contribution is -2.49. The van der Waals surface area contributed by atoms with E-state index in [1.807, 2.05) is 0 Å². The first kappa shape index (κ1) is 63.0. The number of unbranched alkanes of at least 4 members (excludes halogenated alkanes) is 5. The van der Waals surface area contributed by atoms with Gasteiger partial charge in [0.15, 0.2) is 0 Å². The smallest absolute Gasteiger partial charge is 0.0739 e. The van der Waals surface area contributed by atoms with Crippen LogP contribution in [0.3, 0.4) is 0 Å². The Balaban J connectivity index is -0.0000000200. The molecule has 20 N–H and O–H groups in total. The van der Waals surface area contributed by atoms with E-state index in [2.05, 4.69) is 63.3 Å². The molecule has 0 heterocycles. The minimum Gasteiger partial charge on any atom is -0.870 e. The van der Waals surface area contributed by atoms with E-state index in [1.165, 1.54) is 64.2 Å². The summed E-state index contributed by atoms with van der Waals surface area (Å²) in [5, 5.41) is 0. The van der Waals surface area contributed by atoms with Gasteiger partial charge in [0.1, 0.15) is 0 Å². The largest absolute Gasteiger partial charge is 0.870 e. The van der Waals surface area contributed by atoms with Crippen molar-refractivity contribution in [2.45, 2.75) is 98.8 Å². The highest BCUT2D eigenvalue weighted by atomic mass is 16.0. The third kappa shape index (κ3) is 212. The third-order valence-electron chi connectivity index (χ3n) is 3.02. The van der Waals surface area contributed by atoms with Gasteiger partial charge in [-0.2, -0.15) is 0 Å². The van der Waals surface area contributed by atoms with Gasteiger partial charge in [0, 0.05) is 0 Å². The second-order valence-electron chi connectivity index (χ2n) is 6.04. The molecule has 30 heavy (non-hydrogen) atoms. The maximum Gasteiger partial charge on any atom is 0.0739 e. The summed E-state index contributed by atoms with van der Waals surface area (Å²) < 4.78 is 0. The van der Waals surface area contributed by atoms with Crippen LogP contribution >= 0.6 is 0 Å². The Morgan fingerprint density at radius 3 is 0.400 bits per heavy atom. The lowest BCUT2D eigenvalue weighted by atomic mass is 10.3. The van der Waals surface area contributed by atoms with Gasteiger partial charge in [-0.3, -0.25) is 0 Å². The molecule has 0 aliphatic heterocycles. The Kier molecular flexibility index (Phi) is 215. The van der Waals surface area contributed by atoms with Gasteiger partial charge in [0.2, 0.25) is 0 Å². The molecule has 0 unspecified atom stereocenters. The lowest BCUT2D eigenvalue weighted by Gasteiger charge is -1.77. The van der Waals surface area contributed by atoms with E-state index >= 15 is 0 Å². The van der Waals surface area contributed by atoms with Crippen LogP contribution in [0.2, 0.25) is 0 Å². The van der Waals surface area contributed by atoms with Gasteiger partial charge in [-0.15, -0.1) is 0 Å². The molecular weight excluding hydrogens is 390 g/mol. The summed E-state index contributed by atoms with van der Waals surface area (Å²) in [5.41, 5.74) is 18.4. The minimum atomic E-state index is 0. The lowest BCUT2D eigenvalue weighted by molar-refractivity contribution is -0.368. The molecule has 10 nitrogen and oxygen atoms in total. The molecule has 0 rings (SSSR count). The Hall–Kier alpha value is -0.400. The van der Waals surface area contributed by atoms with E-state index in [9.17, 15) is 0 Å². The number of quaternary nitrogens is 5. The van der Waals surface area contributed by atoms with Crippen molar-refractivity contribution in [3.63, 3.8) is 0 Å².